The highest BCUT2D eigenvalue weighted by atomic mass is 16.3. The van der Waals surface area contributed by atoms with Gasteiger partial charge in [-0.05, 0) is 26.8 Å². The number of aliphatic hydroxyl groups excluding tert-OH is 1. The molecule has 0 saturated heterocycles. The van der Waals surface area contributed by atoms with Crippen LogP contribution in [0.15, 0.2) is 12.3 Å². The van der Waals surface area contributed by atoms with Gasteiger partial charge in [0.25, 0.3) is 5.91 Å². The number of hydrogen-bond donors (Lipinski definition) is 2. The molecule has 2 heterocycles. The van der Waals surface area contributed by atoms with E-state index < -0.39 is 0 Å². The van der Waals surface area contributed by atoms with Crippen molar-refractivity contribution >= 4 is 11.6 Å². The van der Waals surface area contributed by atoms with Crippen LogP contribution in [0, 0.1) is 13.8 Å². The van der Waals surface area contributed by atoms with Crippen molar-refractivity contribution in [2.45, 2.75) is 26.8 Å². The summed E-state index contributed by atoms with van der Waals surface area (Å²) in [6.45, 7) is 5.41. The van der Waals surface area contributed by atoms with Crippen molar-refractivity contribution in [3.63, 3.8) is 0 Å². The first kappa shape index (κ1) is 12.5. The zero-order valence-corrected chi connectivity index (χ0v) is 10.6. The lowest BCUT2D eigenvalue weighted by Crippen LogP contribution is -2.35. The summed E-state index contributed by atoms with van der Waals surface area (Å²) in [4.78, 5) is 16.3. The van der Waals surface area contributed by atoms with Crippen LogP contribution in [0.5, 0.6) is 0 Å². The third kappa shape index (κ3) is 2.19. The van der Waals surface area contributed by atoms with E-state index in [4.69, 9.17) is 5.11 Å². The molecule has 1 unspecified atom stereocenters. The Morgan fingerprint density at radius 3 is 2.94 bits per heavy atom. The van der Waals surface area contributed by atoms with Crippen molar-refractivity contribution in [2.75, 3.05) is 6.61 Å². The molecule has 2 N–H and O–H groups in total. The van der Waals surface area contributed by atoms with E-state index in [9.17, 15) is 4.79 Å². The Bertz CT molecular complexity index is 591. The van der Waals surface area contributed by atoms with Crippen LogP contribution in [-0.4, -0.2) is 38.3 Å². The van der Waals surface area contributed by atoms with Crippen molar-refractivity contribution in [1.82, 2.24) is 19.9 Å². The monoisotopic (exact) mass is 248 g/mol. The van der Waals surface area contributed by atoms with Crippen LogP contribution in [0.3, 0.4) is 0 Å². The number of nitrogens with one attached hydrogen (secondary N) is 1. The topological polar surface area (TPSA) is 79.5 Å². The lowest BCUT2D eigenvalue weighted by Gasteiger charge is -2.09. The number of aryl methyl sites for hydroxylation is 2. The maximum Gasteiger partial charge on any atom is 0.257 e. The van der Waals surface area contributed by atoms with Crippen LogP contribution in [0.1, 0.15) is 28.7 Å². The van der Waals surface area contributed by atoms with Gasteiger partial charge in [-0.1, -0.05) is 0 Å². The molecule has 0 aliphatic rings. The fourth-order valence-corrected chi connectivity index (χ4v) is 1.78. The minimum absolute atomic E-state index is 0.101. The van der Waals surface area contributed by atoms with Gasteiger partial charge in [0.05, 0.1) is 12.8 Å². The molecule has 1 amide bonds. The summed E-state index contributed by atoms with van der Waals surface area (Å²) in [7, 11) is 0. The van der Waals surface area contributed by atoms with Crippen molar-refractivity contribution in [3.05, 3.63) is 29.2 Å². The van der Waals surface area contributed by atoms with Crippen molar-refractivity contribution in [3.8, 4) is 0 Å². The predicted octanol–water partition coefficient (Wildman–Crippen LogP) is 0.457. The third-order valence-electron chi connectivity index (χ3n) is 2.67. The Balaban J connectivity index is 2.43. The SMILES string of the molecule is Cc1cc(C)n2ncc(C(=O)NC(C)CO)c2n1. The molecule has 0 aliphatic carbocycles. The van der Waals surface area contributed by atoms with Crippen LogP contribution in [0.4, 0.5) is 0 Å². The Morgan fingerprint density at radius 2 is 2.28 bits per heavy atom. The molecule has 18 heavy (non-hydrogen) atoms. The number of rotatable bonds is 3. The van der Waals surface area contributed by atoms with Gasteiger partial charge in [-0.2, -0.15) is 5.10 Å². The zero-order valence-electron chi connectivity index (χ0n) is 10.6. The van der Waals surface area contributed by atoms with Gasteiger partial charge >= 0.3 is 0 Å². The van der Waals surface area contributed by atoms with Gasteiger partial charge in [0.2, 0.25) is 0 Å². The summed E-state index contributed by atoms with van der Waals surface area (Å²) in [6.07, 6.45) is 1.49. The second-order valence-electron chi connectivity index (χ2n) is 4.39. The summed E-state index contributed by atoms with van der Waals surface area (Å²) in [5, 5.41) is 15.8. The Labute approximate surface area is 105 Å². The molecular formula is C12H16N4O2. The number of carbonyl (C=O) groups is 1. The molecule has 0 saturated carbocycles. The van der Waals surface area contributed by atoms with E-state index in [1.807, 2.05) is 19.9 Å². The van der Waals surface area contributed by atoms with Gasteiger partial charge in [0.15, 0.2) is 5.65 Å². The van der Waals surface area contributed by atoms with Crippen LogP contribution >= 0.6 is 0 Å². The average Bonchev–Trinajstić information content (AvgIpc) is 2.72. The van der Waals surface area contributed by atoms with E-state index in [0.29, 0.717) is 11.2 Å². The summed E-state index contributed by atoms with van der Waals surface area (Å²) in [5.74, 6) is -0.274. The highest BCUT2D eigenvalue weighted by Gasteiger charge is 2.16. The van der Waals surface area contributed by atoms with E-state index in [0.717, 1.165) is 11.4 Å². The molecule has 96 valence electrons. The summed E-state index contributed by atoms with van der Waals surface area (Å²) in [5.41, 5.74) is 2.72. The highest BCUT2D eigenvalue weighted by molar-refractivity contribution is 5.99. The molecule has 0 spiro atoms. The second kappa shape index (κ2) is 4.73. The van der Waals surface area contributed by atoms with E-state index in [2.05, 4.69) is 15.4 Å². The fraction of sp³-hybridized carbons (Fsp3) is 0.417. The number of nitrogens with zero attached hydrogens (tertiary/aromatic N) is 3. The first-order chi connectivity index (χ1) is 8.52. The van der Waals surface area contributed by atoms with E-state index >= 15 is 0 Å². The van der Waals surface area contributed by atoms with Gasteiger partial charge in [-0.15, -0.1) is 0 Å². The lowest BCUT2D eigenvalue weighted by atomic mass is 10.2. The molecule has 0 bridgehead atoms. The van der Waals surface area contributed by atoms with Gasteiger partial charge in [0, 0.05) is 17.4 Å². The second-order valence-corrected chi connectivity index (χ2v) is 4.39. The molecule has 2 aromatic heterocycles. The number of carbonyl (C=O) groups excluding carboxylic acids is 1. The zero-order chi connectivity index (χ0) is 13.3. The highest BCUT2D eigenvalue weighted by Crippen LogP contribution is 2.11. The molecule has 0 aromatic carbocycles. The molecule has 0 aliphatic heterocycles. The Morgan fingerprint density at radius 1 is 1.56 bits per heavy atom. The molecular weight excluding hydrogens is 232 g/mol. The summed E-state index contributed by atoms with van der Waals surface area (Å²) >= 11 is 0. The molecule has 6 heteroatoms. The Kier molecular flexibility index (Phi) is 3.29. The smallest absolute Gasteiger partial charge is 0.257 e. The van der Waals surface area contributed by atoms with Crippen LogP contribution in [0.2, 0.25) is 0 Å². The lowest BCUT2D eigenvalue weighted by molar-refractivity contribution is 0.0924. The molecule has 2 aromatic rings. The molecule has 1 atom stereocenters. The first-order valence-electron chi connectivity index (χ1n) is 5.76. The molecule has 2 rings (SSSR count). The summed E-state index contributed by atoms with van der Waals surface area (Å²) < 4.78 is 1.63. The van der Waals surface area contributed by atoms with E-state index in [-0.39, 0.29) is 18.6 Å². The van der Waals surface area contributed by atoms with E-state index in [1.165, 1.54) is 6.20 Å². The number of hydrogen-bond acceptors (Lipinski definition) is 4. The van der Waals surface area contributed by atoms with Gasteiger partial charge in [-0.3, -0.25) is 4.79 Å². The van der Waals surface area contributed by atoms with Gasteiger partial charge < -0.3 is 10.4 Å². The molecule has 0 fully saturated rings. The third-order valence-corrected chi connectivity index (χ3v) is 2.67. The summed E-state index contributed by atoms with van der Waals surface area (Å²) in [6, 6.07) is 1.61. The van der Waals surface area contributed by atoms with Gasteiger partial charge in [-0.25, -0.2) is 9.50 Å². The first-order valence-corrected chi connectivity index (χ1v) is 5.76. The number of aliphatic hydroxyl groups is 1. The largest absolute Gasteiger partial charge is 0.394 e. The number of fused-ring (bicyclic) bond motifs is 1. The normalized spacial score (nSPS) is 12.7. The van der Waals surface area contributed by atoms with E-state index in [1.54, 1.807) is 11.4 Å². The van der Waals surface area contributed by atoms with Crippen LogP contribution in [0.25, 0.3) is 5.65 Å². The van der Waals surface area contributed by atoms with Crippen molar-refractivity contribution in [1.29, 1.82) is 0 Å². The minimum Gasteiger partial charge on any atom is -0.394 e. The van der Waals surface area contributed by atoms with Crippen LogP contribution in [-0.2, 0) is 0 Å². The minimum atomic E-state index is -0.293. The van der Waals surface area contributed by atoms with Crippen molar-refractivity contribution < 1.29 is 9.90 Å². The quantitative estimate of drug-likeness (QED) is 0.827. The predicted molar refractivity (Wildman–Crippen MR) is 66.5 cm³/mol. The average molecular weight is 248 g/mol. The van der Waals surface area contributed by atoms with Crippen molar-refractivity contribution in [2.24, 2.45) is 0 Å². The maximum absolute atomic E-state index is 12.0. The Hall–Kier alpha value is -1.95. The fourth-order valence-electron chi connectivity index (χ4n) is 1.78. The molecule has 0 radical (unpaired) electrons. The molecule has 6 nitrogen and oxygen atoms in total. The standard InChI is InChI=1S/C12H16N4O2/c1-7-4-9(3)16-11(14-7)10(5-13-16)12(18)15-8(2)6-17/h4-5,8,17H,6H2,1-3H3,(H,15,18). The number of amides is 1. The van der Waals surface area contributed by atoms with Gasteiger partial charge in [0.1, 0.15) is 5.56 Å². The number of aromatic nitrogens is 3. The maximum atomic E-state index is 12.0. The van der Waals surface area contributed by atoms with Crippen LogP contribution < -0.4 is 5.32 Å².